The molecular weight excluding hydrogens is 260 g/mol. The number of hydrogen-bond donors (Lipinski definition) is 1. The summed E-state index contributed by atoms with van der Waals surface area (Å²) in [7, 11) is 0. The minimum Gasteiger partial charge on any atom is -0.460 e. The number of aliphatic hydroxyl groups is 1. The predicted octanol–water partition coefficient (Wildman–Crippen LogP) is 2.35. The Morgan fingerprint density at radius 2 is 2.10 bits per heavy atom. The van der Waals surface area contributed by atoms with E-state index in [9.17, 15) is 9.90 Å². The summed E-state index contributed by atoms with van der Waals surface area (Å²) in [6, 6.07) is 0. The van der Waals surface area contributed by atoms with Crippen LogP contribution in [0.4, 0.5) is 0 Å². The van der Waals surface area contributed by atoms with Gasteiger partial charge in [-0.1, -0.05) is 6.92 Å². The van der Waals surface area contributed by atoms with Gasteiger partial charge in [-0.2, -0.15) is 0 Å². The Balaban J connectivity index is 2.06. The molecule has 2 atom stereocenters. The molecule has 1 aliphatic carbocycles. The van der Waals surface area contributed by atoms with Crippen molar-refractivity contribution in [3.63, 3.8) is 0 Å². The molecule has 0 aromatic carbocycles. The van der Waals surface area contributed by atoms with Crippen molar-refractivity contribution in [2.24, 2.45) is 5.92 Å². The van der Waals surface area contributed by atoms with Crippen LogP contribution in [0.1, 0.15) is 70.8 Å². The Hall–Kier alpha value is -1.43. The van der Waals surface area contributed by atoms with E-state index in [1.165, 1.54) is 0 Å². The molecule has 6 nitrogen and oxygen atoms in total. The second-order valence-corrected chi connectivity index (χ2v) is 6.25. The minimum atomic E-state index is -1.12. The second-order valence-electron chi connectivity index (χ2n) is 6.25. The van der Waals surface area contributed by atoms with Crippen molar-refractivity contribution >= 4 is 5.97 Å². The number of carbonyl (C=O) groups is 1. The van der Waals surface area contributed by atoms with Gasteiger partial charge in [0.1, 0.15) is 11.7 Å². The van der Waals surface area contributed by atoms with Crippen molar-refractivity contribution in [2.75, 3.05) is 0 Å². The summed E-state index contributed by atoms with van der Waals surface area (Å²) in [6.45, 7) is 7.20. The first-order chi connectivity index (χ1) is 9.31. The monoisotopic (exact) mass is 282 g/mol. The van der Waals surface area contributed by atoms with Crippen LogP contribution in [0.2, 0.25) is 0 Å². The molecule has 0 amide bonds. The van der Waals surface area contributed by atoms with Crippen LogP contribution < -0.4 is 0 Å². The van der Waals surface area contributed by atoms with E-state index >= 15 is 0 Å². The highest BCUT2D eigenvalue weighted by Crippen LogP contribution is 2.40. The number of aromatic nitrogens is 2. The first kappa shape index (κ1) is 15.0. The van der Waals surface area contributed by atoms with Crippen molar-refractivity contribution in [3.8, 4) is 0 Å². The van der Waals surface area contributed by atoms with Gasteiger partial charge in [0.2, 0.25) is 11.8 Å². The maximum absolute atomic E-state index is 12.1. The summed E-state index contributed by atoms with van der Waals surface area (Å²) in [5, 5.41) is 18.0. The highest BCUT2D eigenvalue weighted by Gasteiger charge is 2.36. The molecule has 112 valence electrons. The van der Waals surface area contributed by atoms with Crippen molar-refractivity contribution < 1.29 is 19.1 Å². The molecule has 1 fully saturated rings. The van der Waals surface area contributed by atoms with Gasteiger partial charge in [-0.3, -0.25) is 4.79 Å². The molecule has 0 spiro atoms. The lowest BCUT2D eigenvalue weighted by Gasteiger charge is -2.24. The maximum Gasteiger partial charge on any atom is 0.312 e. The summed E-state index contributed by atoms with van der Waals surface area (Å²) in [5.74, 6) is -0.159. The molecule has 1 aromatic rings. The largest absolute Gasteiger partial charge is 0.460 e. The standard InChI is InChI=1S/C14H22N2O4/c1-5-9(13(18)20-14(2,3)4)10(17)12-16-15-11(19-12)8-6-7-8/h8-10,17H,5-7H2,1-4H3. The normalized spacial score (nSPS) is 18.6. The second kappa shape index (κ2) is 5.52. The third kappa shape index (κ3) is 3.56. The Morgan fingerprint density at radius 1 is 1.45 bits per heavy atom. The van der Waals surface area contributed by atoms with E-state index in [-0.39, 0.29) is 5.89 Å². The summed E-state index contributed by atoms with van der Waals surface area (Å²) in [6.07, 6.45) is 1.41. The maximum atomic E-state index is 12.1. The topological polar surface area (TPSA) is 85.5 Å². The smallest absolute Gasteiger partial charge is 0.312 e. The molecule has 0 bridgehead atoms. The molecule has 2 unspecified atom stereocenters. The molecule has 0 aliphatic heterocycles. The van der Waals surface area contributed by atoms with Gasteiger partial charge < -0.3 is 14.3 Å². The zero-order valence-electron chi connectivity index (χ0n) is 12.4. The average Bonchev–Trinajstić information content (AvgIpc) is 3.05. The Morgan fingerprint density at radius 3 is 2.60 bits per heavy atom. The molecule has 1 aromatic heterocycles. The molecule has 1 saturated carbocycles. The van der Waals surface area contributed by atoms with Gasteiger partial charge in [0, 0.05) is 5.92 Å². The lowest BCUT2D eigenvalue weighted by Crippen LogP contribution is -2.31. The van der Waals surface area contributed by atoms with Gasteiger partial charge in [-0.25, -0.2) is 0 Å². The fraction of sp³-hybridized carbons (Fsp3) is 0.786. The first-order valence-corrected chi connectivity index (χ1v) is 7.06. The first-order valence-electron chi connectivity index (χ1n) is 7.06. The summed E-state index contributed by atoms with van der Waals surface area (Å²) in [5.41, 5.74) is -0.585. The molecule has 1 N–H and O–H groups in total. The van der Waals surface area contributed by atoms with E-state index in [0.717, 1.165) is 12.8 Å². The number of esters is 1. The van der Waals surface area contributed by atoms with Gasteiger partial charge in [-0.05, 0) is 40.0 Å². The van der Waals surface area contributed by atoms with E-state index in [0.29, 0.717) is 18.2 Å². The van der Waals surface area contributed by atoms with Crippen LogP contribution in [0.5, 0.6) is 0 Å². The zero-order chi connectivity index (χ0) is 14.9. The molecular formula is C14H22N2O4. The molecule has 20 heavy (non-hydrogen) atoms. The van der Waals surface area contributed by atoms with E-state index in [1.54, 1.807) is 20.8 Å². The van der Waals surface area contributed by atoms with E-state index in [4.69, 9.17) is 9.15 Å². The number of carbonyl (C=O) groups excluding carboxylic acids is 1. The lowest BCUT2D eigenvalue weighted by molar-refractivity contribution is -0.165. The lowest BCUT2D eigenvalue weighted by atomic mass is 9.99. The number of ether oxygens (including phenoxy) is 1. The van der Waals surface area contributed by atoms with Crippen molar-refractivity contribution in [2.45, 2.75) is 64.6 Å². The fourth-order valence-corrected chi connectivity index (χ4v) is 1.93. The SMILES string of the molecule is CCC(C(=O)OC(C)(C)C)C(O)c1nnc(C2CC2)o1. The number of aliphatic hydroxyl groups excluding tert-OH is 1. The zero-order valence-corrected chi connectivity index (χ0v) is 12.4. The molecule has 1 aliphatic rings. The van der Waals surface area contributed by atoms with Gasteiger partial charge in [0.25, 0.3) is 0 Å². The third-order valence-corrected chi connectivity index (χ3v) is 3.17. The quantitative estimate of drug-likeness (QED) is 0.834. The molecule has 1 heterocycles. The average molecular weight is 282 g/mol. The fourth-order valence-electron chi connectivity index (χ4n) is 1.93. The van der Waals surface area contributed by atoms with Crippen LogP contribution in [-0.2, 0) is 9.53 Å². The molecule has 0 saturated heterocycles. The van der Waals surface area contributed by atoms with Crippen LogP contribution in [-0.4, -0.2) is 26.9 Å². The molecule has 6 heteroatoms. The third-order valence-electron chi connectivity index (χ3n) is 3.17. The predicted molar refractivity (Wildman–Crippen MR) is 70.9 cm³/mol. The van der Waals surface area contributed by atoms with Crippen LogP contribution >= 0.6 is 0 Å². The van der Waals surface area contributed by atoms with E-state index in [1.807, 2.05) is 6.92 Å². The van der Waals surface area contributed by atoms with Gasteiger partial charge >= 0.3 is 5.97 Å². The highest BCUT2D eigenvalue weighted by atomic mass is 16.6. The van der Waals surface area contributed by atoms with Crippen LogP contribution in [0, 0.1) is 5.92 Å². The Labute approximate surface area is 118 Å². The summed E-state index contributed by atoms with van der Waals surface area (Å²) >= 11 is 0. The van der Waals surface area contributed by atoms with Crippen molar-refractivity contribution in [1.29, 1.82) is 0 Å². The summed E-state index contributed by atoms with van der Waals surface area (Å²) < 4.78 is 10.8. The van der Waals surface area contributed by atoms with Gasteiger partial charge in [0.05, 0.1) is 5.92 Å². The number of rotatable bonds is 5. The highest BCUT2D eigenvalue weighted by molar-refractivity contribution is 5.73. The van der Waals surface area contributed by atoms with Crippen molar-refractivity contribution in [3.05, 3.63) is 11.8 Å². The Bertz CT molecular complexity index is 474. The minimum absolute atomic E-state index is 0.101. The van der Waals surface area contributed by atoms with E-state index < -0.39 is 23.6 Å². The Kier molecular flexibility index (Phi) is 4.13. The number of nitrogens with zero attached hydrogens (tertiary/aromatic N) is 2. The molecule has 0 radical (unpaired) electrons. The van der Waals surface area contributed by atoms with E-state index in [2.05, 4.69) is 10.2 Å². The van der Waals surface area contributed by atoms with Crippen LogP contribution in [0.15, 0.2) is 4.42 Å². The summed E-state index contributed by atoms with van der Waals surface area (Å²) in [4.78, 5) is 12.1. The van der Waals surface area contributed by atoms with Gasteiger partial charge in [-0.15, -0.1) is 10.2 Å². The number of hydrogen-bond acceptors (Lipinski definition) is 6. The van der Waals surface area contributed by atoms with Crippen LogP contribution in [0.25, 0.3) is 0 Å². The van der Waals surface area contributed by atoms with Gasteiger partial charge in [0.15, 0.2) is 0 Å². The van der Waals surface area contributed by atoms with Crippen molar-refractivity contribution in [1.82, 2.24) is 10.2 Å². The van der Waals surface area contributed by atoms with Crippen LogP contribution in [0.3, 0.4) is 0 Å². The molecule has 2 rings (SSSR count).